The lowest BCUT2D eigenvalue weighted by atomic mass is 9.74. The molecule has 8 nitrogen and oxygen atoms in total. The van der Waals surface area contributed by atoms with E-state index in [1.165, 1.54) is 11.3 Å². The maximum Gasteiger partial charge on any atom is 0.266 e. The molecule has 1 saturated heterocycles. The Morgan fingerprint density at radius 1 is 1.09 bits per heavy atom. The molecular formula is C25H24N6O2. The number of piperidine rings is 1. The number of pyridine rings is 1. The number of fused-ring (bicyclic) bond motifs is 3. The van der Waals surface area contributed by atoms with Crippen molar-refractivity contribution in [3.05, 3.63) is 71.9 Å². The smallest absolute Gasteiger partial charge is 0.266 e. The number of nitrogens with one attached hydrogen (secondary N) is 3. The number of hydrogen-bond acceptors (Lipinski definition) is 6. The second-order valence-corrected chi connectivity index (χ2v) is 8.84. The maximum absolute atomic E-state index is 13.3. The predicted molar refractivity (Wildman–Crippen MR) is 126 cm³/mol. The number of carbonyl (C=O) groups excluding carboxylic acids is 1. The monoisotopic (exact) mass is 440 g/mol. The lowest BCUT2D eigenvalue weighted by Gasteiger charge is -2.39. The van der Waals surface area contributed by atoms with E-state index in [9.17, 15) is 9.90 Å². The summed E-state index contributed by atoms with van der Waals surface area (Å²) >= 11 is 0. The summed E-state index contributed by atoms with van der Waals surface area (Å²) in [6.07, 6.45) is 3.59. The van der Waals surface area contributed by atoms with Gasteiger partial charge < -0.3 is 10.4 Å². The molecule has 166 valence electrons. The number of phenolic OH excluding ortho intramolecular Hbond substituents is 1. The Kier molecular flexibility index (Phi) is 4.55. The molecule has 0 bridgehead atoms. The summed E-state index contributed by atoms with van der Waals surface area (Å²) in [5, 5.41) is 22.8. The minimum Gasteiger partial charge on any atom is -0.508 e. The number of aromatic amines is 1. The highest BCUT2D eigenvalue weighted by Gasteiger charge is 2.41. The number of benzene rings is 2. The molecule has 6 rings (SSSR count). The molecule has 2 aliphatic heterocycles. The number of H-pyrrole nitrogens is 1. The molecule has 0 radical (unpaired) electrons. The number of carbonyl (C=O) groups is 1. The molecule has 8 heteroatoms. The first-order valence-corrected chi connectivity index (χ1v) is 11.1. The number of aromatic nitrogens is 3. The Hall–Kier alpha value is -3.91. The largest absolute Gasteiger partial charge is 0.508 e. The first-order valence-electron chi connectivity index (χ1n) is 11.1. The number of rotatable bonds is 3. The van der Waals surface area contributed by atoms with Gasteiger partial charge in [-0.25, -0.2) is 9.99 Å². The molecule has 1 amide bonds. The zero-order valence-corrected chi connectivity index (χ0v) is 18.0. The first-order chi connectivity index (χ1) is 16.1. The molecule has 1 spiro atoms. The molecule has 1 fully saturated rings. The van der Waals surface area contributed by atoms with E-state index in [1.54, 1.807) is 36.5 Å². The van der Waals surface area contributed by atoms with Crippen LogP contribution in [-0.2, 0) is 5.41 Å². The number of para-hydroxylation sites is 1. The third-order valence-corrected chi connectivity index (χ3v) is 6.93. The van der Waals surface area contributed by atoms with Crippen LogP contribution in [0.2, 0.25) is 0 Å². The molecule has 0 atom stereocenters. The van der Waals surface area contributed by atoms with Crippen molar-refractivity contribution in [2.75, 3.05) is 25.0 Å². The van der Waals surface area contributed by atoms with E-state index in [0.29, 0.717) is 22.3 Å². The van der Waals surface area contributed by atoms with Crippen molar-refractivity contribution in [2.45, 2.75) is 18.3 Å². The summed E-state index contributed by atoms with van der Waals surface area (Å²) in [5.74, 6) is 0.00650. The summed E-state index contributed by atoms with van der Waals surface area (Å²) in [7, 11) is 0. The molecule has 0 aliphatic carbocycles. The molecule has 0 saturated carbocycles. The van der Waals surface area contributed by atoms with E-state index in [1.807, 2.05) is 5.01 Å². The van der Waals surface area contributed by atoms with Gasteiger partial charge >= 0.3 is 0 Å². The highest BCUT2D eigenvalue weighted by atomic mass is 16.3. The second-order valence-electron chi connectivity index (χ2n) is 8.84. The van der Waals surface area contributed by atoms with E-state index in [0.717, 1.165) is 38.0 Å². The molecule has 2 aromatic carbocycles. The summed E-state index contributed by atoms with van der Waals surface area (Å²) in [6.45, 7) is 2.52. The highest BCUT2D eigenvalue weighted by molar-refractivity contribution is 6.06. The summed E-state index contributed by atoms with van der Waals surface area (Å²) in [6, 6.07) is 17.1. The zero-order chi connectivity index (χ0) is 22.4. The van der Waals surface area contributed by atoms with Crippen molar-refractivity contribution in [3.63, 3.8) is 0 Å². The lowest BCUT2D eigenvalue weighted by Crippen LogP contribution is -2.51. The van der Waals surface area contributed by atoms with Crippen LogP contribution in [0.3, 0.4) is 0 Å². The van der Waals surface area contributed by atoms with E-state index in [2.05, 4.69) is 50.2 Å². The van der Waals surface area contributed by atoms with Gasteiger partial charge in [-0.05, 0) is 54.8 Å². The Morgan fingerprint density at radius 3 is 2.70 bits per heavy atom. The van der Waals surface area contributed by atoms with Gasteiger partial charge in [0, 0.05) is 36.3 Å². The third kappa shape index (κ3) is 3.39. The van der Waals surface area contributed by atoms with Crippen LogP contribution in [0.4, 0.5) is 5.69 Å². The van der Waals surface area contributed by atoms with Crippen LogP contribution in [0.25, 0.3) is 22.3 Å². The Morgan fingerprint density at radius 2 is 1.88 bits per heavy atom. The van der Waals surface area contributed by atoms with E-state index < -0.39 is 0 Å². The minimum absolute atomic E-state index is 0.137. The fourth-order valence-corrected chi connectivity index (χ4v) is 5.05. The number of nitrogens with zero attached hydrogens (tertiary/aromatic N) is 3. The number of hydrazine groups is 1. The number of anilines is 1. The maximum atomic E-state index is 13.3. The standard InChI is InChI=1S/C25H24N6O2/c32-17-7-5-16(6-8-17)22-13-18(19-14-27-29-23(19)28-22)24(33)30-31-11-9-25(10-12-31)15-26-21-4-2-1-3-20(21)25/h1-8,13-14,26,32H,9-12,15H2,(H,30,33)(H,27,28,29). The predicted octanol–water partition coefficient (Wildman–Crippen LogP) is 3.43. The highest BCUT2D eigenvalue weighted by Crippen LogP contribution is 2.43. The quantitative estimate of drug-likeness (QED) is 0.389. The van der Waals surface area contributed by atoms with Crippen LogP contribution in [0.15, 0.2) is 60.8 Å². The van der Waals surface area contributed by atoms with Crippen LogP contribution in [-0.4, -0.2) is 50.8 Å². The van der Waals surface area contributed by atoms with E-state index >= 15 is 0 Å². The van der Waals surface area contributed by atoms with Crippen molar-refractivity contribution in [1.82, 2.24) is 25.6 Å². The van der Waals surface area contributed by atoms with E-state index in [4.69, 9.17) is 0 Å². The summed E-state index contributed by atoms with van der Waals surface area (Å²) < 4.78 is 0. The Bertz CT molecular complexity index is 1340. The number of amides is 1. The molecule has 4 heterocycles. The summed E-state index contributed by atoms with van der Waals surface area (Å²) in [4.78, 5) is 17.9. The number of aromatic hydroxyl groups is 1. The van der Waals surface area contributed by atoms with Crippen molar-refractivity contribution in [1.29, 1.82) is 0 Å². The first kappa shape index (κ1) is 19.8. The number of phenols is 1. The molecule has 0 unspecified atom stereocenters. The molecule has 2 aromatic heterocycles. The third-order valence-electron chi connectivity index (χ3n) is 6.93. The van der Waals surface area contributed by atoms with Crippen LogP contribution in [0.1, 0.15) is 28.8 Å². The minimum atomic E-state index is -0.176. The van der Waals surface area contributed by atoms with Gasteiger partial charge in [0.05, 0.1) is 22.8 Å². The van der Waals surface area contributed by atoms with Crippen molar-refractivity contribution in [3.8, 4) is 17.0 Å². The second kappa shape index (κ2) is 7.60. The Balaban J connectivity index is 1.22. The van der Waals surface area contributed by atoms with Crippen molar-refractivity contribution in [2.24, 2.45) is 0 Å². The van der Waals surface area contributed by atoms with Crippen LogP contribution in [0, 0.1) is 0 Å². The van der Waals surface area contributed by atoms with Gasteiger partial charge in [0.25, 0.3) is 5.91 Å². The van der Waals surface area contributed by atoms with Gasteiger partial charge in [-0.1, -0.05) is 18.2 Å². The van der Waals surface area contributed by atoms with Gasteiger partial charge in [-0.2, -0.15) is 5.10 Å². The van der Waals surface area contributed by atoms with Gasteiger partial charge in [0.2, 0.25) is 0 Å². The van der Waals surface area contributed by atoms with Gasteiger partial charge in [-0.15, -0.1) is 0 Å². The fourth-order valence-electron chi connectivity index (χ4n) is 5.05. The van der Waals surface area contributed by atoms with Crippen LogP contribution >= 0.6 is 0 Å². The fraction of sp³-hybridized carbons (Fsp3) is 0.240. The summed E-state index contributed by atoms with van der Waals surface area (Å²) in [5.41, 5.74) is 8.39. The van der Waals surface area contributed by atoms with Gasteiger partial charge in [0.1, 0.15) is 5.75 Å². The van der Waals surface area contributed by atoms with Crippen LogP contribution < -0.4 is 10.7 Å². The lowest BCUT2D eigenvalue weighted by molar-refractivity contribution is 0.0681. The average molecular weight is 441 g/mol. The molecular weight excluding hydrogens is 416 g/mol. The molecule has 4 aromatic rings. The molecule has 2 aliphatic rings. The van der Waals surface area contributed by atoms with E-state index in [-0.39, 0.29) is 17.1 Å². The SMILES string of the molecule is O=C(NN1CCC2(CC1)CNc1ccccc12)c1cc(-c2ccc(O)cc2)nc2[nH]ncc12. The Labute approximate surface area is 190 Å². The zero-order valence-electron chi connectivity index (χ0n) is 18.0. The average Bonchev–Trinajstić information content (AvgIpc) is 3.46. The number of hydrogen-bond donors (Lipinski definition) is 4. The normalized spacial score (nSPS) is 17.1. The van der Waals surface area contributed by atoms with Gasteiger partial charge in [0.15, 0.2) is 5.65 Å². The van der Waals surface area contributed by atoms with Crippen molar-refractivity contribution < 1.29 is 9.90 Å². The molecule has 33 heavy (non-hydrogen) atoms. The topological polar surface area (TPSA) is 106 Å². The molecule has 4 N–H and O–H groups in total. The van der Waals surface area contributed by atoms with Crippen LogP contribution in [0.5, 0.6) is 5.75 Å². The van der Waals surface area contributed by atoms with Gasteiger partial charge in [-0.3, -0.25) is 15.3 Å². The van der Waals surface area contributed by atoms with Crippen molar-refractivity contribution >= 4 is 22.6 Å².